The van der Waals surface area contributed by atoms with Crippen LogP contribution in [-0.4, -0.2) is 31.1 Å². The molecule has 0 radical (unpaired) electrons. The molecule has 34 heavy (non-hydrogen) atoms. The molecule has 1 amide bonds. The summed E-state index contributed by atoms with van der Waals surface area (Å²) in [6, 6.07) is 19.3. The number of fused-ring (bicyclic) bond motifs is 1. The maximum atomic E-state index is 13.1. The largest absolute Gasteiger partial charge is 0.352 e. The Balaban J connectivity index is 1.57. The molecule has 0 spiro atoms. The van der Waals surface area contributed by atoms with E-state index in [1.165, 1.54) is 16.3 Å². The molecule has 0 aliphatic rings. The normalized spacial score (nSPS) is 11.9. The van der Waals surface area contributed by atoms with Gasteiger partial charge >= 0.3 is 5.69 Å². The third-order valence-electron chi connectivity index (χ3n) is 5.73. The van der Waals surface area contributed by atoms with Crippen molar-refractivity contribution in [2.45, 2.75) is 45.8 Å². The van der Waals surface area contributed by atoms with E-state index in [2.05, 4.69) is 15.3 Å². The average Bonchev–Trinajstić information content (AvgIpc) is 2.86. The molecular formula is C26H27N5O3. The van der Waals surface area contributed by atoms with Crippen molar-refractivity contribution in [2.24, 2.45) is 0 Å². The van der Waals surface area contributed by atoms with Gasteiger partial charge in [-0.3, -0.25) is 18.7 Å². The molecule has 4 rings (SSSR count). The predicted octanol–water partition coefficient (Wildman–Crippen LogP) is 2.78. The molecule has 0 bridgehead atoms. The summed E-state index contributed by atoms with van der Waals surface area (Å²) >= 11 is 0. The van der Waals surface area contributed by atoms with Crippen molar-refractivity contribution in [2.75, 3.05) is 0 Å². The number of aromatic nitrogens is 4. The minimum Gasteiger partial charge on any atom is -0.352 e. The first-order chi connectivity index (χ1) is 16.5. The lowest BCUT2D eigenvalue weighted by molar-refractivity contribution is -0.122. The van der Waals surface area contributed by atoms with Gasteiger partial charge in [-0.1, -0.05) is 60.7 Å². The van der Waals surface area contributed by atoms with Gasteiger partial charge in [-0.15, -0.1) is 0 Å². The van der Waals surface area contributed by atoms with E-state index in [0.717, 1.165) is 23.0 Å². The first-order valence-electron chi connectivity index (χ1n) is 11.4. The van der Waals surface area contributed by atoms with Gasteiger partial charge in [-0.05, 0) is 32.3 Å². The van der Waals surface area contributed by atoms with Crippen molar-refractivity contribution in [3.63, 3.8) is 0 Å². The third kappa shape index (κ3) is 4.96. The van der Waals surface area contributed by atoms with Crippen molar-refractivity contribution < 1.29 is 4.79 Å². The molecule has 1 N–H and O–H groups in total. The SMILES string of the molecule is CCn1c(=O)n(CC(=O)N[C@H](C)CCc2ccccc2)c(=O)c2cnc(-c3ccccc3)nc21. The lowest BCUT2D eigenvalue weighted by Gasteiger charge is -2.16. The quantitative estimate of drug-likeness (QED) is 0.439. The number of carbonyl (C=O) groups excluding carboxylic acids is 1. The highest BCUT2D eigenvalue weighted by atomic mass is 16.2. The Kier molecular flexibility index (Phi) is 6.96. The van der Waals surface area contributed by atoms with E-state index in [1.807, 2.05) is 67.6 Å². The summed E-state index contributed by atoms with van der Waals surface area (Å²) in [5, 5.41) is 3.09. The minimum absolute atomic E-state index is 0.103. The van der Waals surface area contributed by atoms with E-state index in [-0.39, 0.29) is 29.5 Å². The summed E-state index contributed by atoms with van der Waals surface area (Å²) in [6.07, 6.45) is 3.00. The third-order valence-corrected chi connectivity index (χ3v) is 5.73. The van der Waals surface area contributed by atoms with Crippen LogP contribution in [-0.2, 0) is 24.3 Å². The van der Waals surface area contributed by atoms with E-state index in [1.54, 1.807) is 6.92 Å². The summed E-state index contributed by atoms with van der Waals surface area (Å²) in [7, 11) is 0. The summed E-state index contributed by atoms with van der Waals surface area (Å²) < 4.78 is 2.35. The second kappa shape index (κ2) is 10.2. The second-order valence-corrected chi connectivity index (χ2v) is 8.21. The Morgan fingerprint density at radius 1 is 1.00 bits per heavy atom. The van der Waals surface area contributed by atoms with Gasteiger partial charge in [0.05, 0.1) is 0 Å². The Hall–Kier alpha value is -4.07. The highest BCUT2D eigenvalue weighted by Crippen LogP contribution is 2.16. The zero-order valence-corrected chi connectivity index (χ0v) is 19.3. The molecule has 0 aliphatic heterocycles. The fourth-order valence-corrected chi connectivity index (χ4v) is 3.91. The van der Waals surface area contributed by atoms with Gasteiger partial charge in [0.15, 0.2) is 11.5 Å². The van der Waals surface area contributed by atoms with Crippen LogP contribution >= 0.6 is 0 Å². The maximum Gasteiger partial charge on any atom is 0.333 e. The van der Waals surface area contributed by atoms with Crippen molar-refractivity contribution >= 4 is 16.9 Å². The Morgan fingerprint density at radius 2 is 1.68 bits per heavy atom. The van der Waals surface area contributed by atoms with Crippen molar-refractivity contribution in [3.05, 3.63) is 93.3 Å². The number of hydrogen-bond acceptors (Lipinski definition) is 5. The van der Waals surface area contributed by atoms with E-state index in [9.17, 15) is 14.4 Å². The van der Waals surface area contributed by atoms with E-state index in [4.69, 9.17) is 0 Å². The Morgan fingerprint density at radius 3 is 2.35 bits per heavy atom. The molecule has 2 aromatic carbocycles. The minimum atomic E-state index is -0.573. The molecule has 4 aromatic rings. The second-order valence-electron chi connectivity index (χ2n) is 8.21. The van der Waals surface area contributed by atoms with Gasteiger partial charge < -0.3 is 5.32 Å². The first kappa shape index (κ1) is 23.1. The molecule has 8 heteroatoms. The number of amides is 1. The molecule has 8 nitrogen and oxygen atoms in total. The van der Waals surface area contributed by atoms with Crippen LogP contribution in [0.4, 0.5) is 0 Å². The molecule has 0 unspecified atom stereocenters. The number of carbonyl (C=O) groups is 1. The molecule has 2 heterocycles. The van der Waals surface area contributed by atoms with Gasteiger partial charge in [0.1, 0.15) is 11.9 Å². The zero-order chi connectivity index (χ0) is 24.1. The Bertz CT molecular complexity index is 1410. The topological polar surface area (TPSA) is 98.9 Å². The van der Waals surface area contributed by atoms with Crippen molar-refractivity contribution in [1.29, 1.82) is 0 Å². The van der Waals surface area contributed by atoms with Crippen LogP contribution in [0.2, 0.25) is 0 Å². The van der Waals surface area contributed by atoms with Gasteiger partial charge in [-0.2, -0.15) is 0 Å². The number of hydrogen-bond donors (Lipinski definition) is 1. The van der Waals surface area contributed by atoms with E-state index < -0.39 is 11.2 Å². The highest BCUT2D eigenvalue weighted by molar-refractivity contribution is 5.78. The number of aryl methyl sites for hydroxylation is 2. The monoisotopic (exact) mass is 457 g/mol. The summed E-state index contributed by atoms with van der Waals surface area (Å²) in [5.74, 6) is 0.0421. The smallest absolute Gasteiger partial charge is 0.333 e. The van der Waals surface area contributed by atoms with Gasteiger partial charge in [0.2, 0.25) is 5.91 Å². The zero-order valence-electron chi connectivity index (χ0n) is 19.3. The predicted molar refractivity (Wildman–Crippen MR) is 132 cm³/mol. The fourth-order valence-electron chi connectivity index (χ4n) is 3.91. The van der Waals surface area contributed by atoms with Crippen LogP contribution < -0.4 is 16.6 Å². The average molecular weight is 458 g/mol. The van der Waals surface area contributed by atoms with Gasteiger partial charge in [-0.25, -0.2) is 14.8 Å². The lowest BCUT2D eigenvalue weighted by atomic mass is 10.1. The first-order valence-corrected chi connectivity index (χ1v) is 11.4. The number of nitrogens with zero attached hydrogens (tertiary/aromatic N) is 4. The molecule has 0 fully saturated rings. The molecule has 1 atom stereocenters. The van der Waals surface area contributed by atoms with Crippen molar-refractivity contribution in [3.8, 4) is 11.4 Å². The van der Waals surface area contributed by atoms with Crippen LogP contribution in [0, 0.1) is 0 Å². The highest BCUT2D eigenvalue weighted by Gasteiger charge is 2.18. The number of benzene rings is 2. The fraction of sp³-hybridized carbons (Fsp3) is 0.269. The van der Waals surface area contributed by atoms with Crippen LogP contribution in [0.1, 0.15) is 25.8 Å². The molecule has 2 aromatic heterocycles. The maximum absolute atomic E-state index is 13.1. The molecular weight excluding hydrogens is 430 g/mol. The molecule has 0 saturated heterocycles. The number of rotatable bonds is 8. The molecule has 174 valence electrons. The van der Waals surface area contributed by atoms with E-state index in [0.29, 0.717) is 12.4 Å². The van der Waals surface area contributed by atoms with E-state index >= 15 is 0 Å². The number of nitrogens with one attached hydrogen (secondary N) is 1. The summed E-state index contributed by atoms with van der Waals surface area (Å²) in [6.45, 7) is 3.65. The van der Waals surface area contributed by atoms with Crippen LogP contribution in [0.15, 0.2) is 76.4 Å². The summed E-state index contributed by atoms with van der Waals surface area (Å²) in [5.41, 5.74) is 1.10. The lowest BCUT2D eigenvalue weighted by Crippen LogP contribution is -2.45. The van der Waals surface area contributed by atoms with Crippen LogP contribution in [0.5, 0.6) is 0 Å². The Labute approximate surface area is 196 Å². The molecule has 0 saturated carbocycles. The summed E-state index contributed by atoms with van der Waals surface area (Å²) in [4.78, 5) is 47.7. The van der Waals surface area contributed by atoms with Gasteiger partial charge in [0.25, 0.3) is 5.56 Å². The standard InChI is InChI=1S/C26H27N5O3/c1-3-30-24-21(16-27-23(29-24)20-12-8-5-9-13-20)25(33)31(26(30)34)17-22(32)28-18(2)14-15-19-10-6-4-7-11-19/h4-13,16,18H,3,14-15,17H2,1-2H3,(H,28,32)/t18-/m1/s1. The van der Waals surface area contributed by atoms with Gasteiger partial charge in [0, 0.05) is 24.3 Å². The van der Waals surface area contributed by atoms with Crippen LogP contribution in [0.3, 0.4) is 0 Å². The van der Waals surface area contributed by atoms with Crippen molar-refractivity contribution in [1.82, 2.24) is 24.4 Å². The van der Waals surface area contributed by atoms with Crippen LogP contribution in [0.25, 0.3) is 22.4 Å². The molecule has 0 aliphatic carbocycles.